The molecule has 5 heteroatoms. The molecule has 0 bridgehead atoms. The summed E-state index contributed by atoms with van der Waals surface area (Å²) in [6.07, 6.45) is 2.65. The van der Waals surface area contributed by atoms with Crippen molar-refractivity contribution in [1.29, 1.82) is 0 Å². The first kappa shape index (κ1) is 17.6. The second-order valence-corrected chi connectivity index (χ2v) is 7.46. The number of rotatable bonds is 5. The Hall–Kier alpha value is -1.75. The highest BCUT2D eigenvalue weighted by Gasteiger charge is 2.39. The van der Waals surface area contributed by atoms with Crippen molar-refractivity contribution in [2.24, 2.45) is 0 Å². The van der Waals surface area contributed by atoms with Crippen molar-refractivity contribution in [3.8, 4) is 5.75 Å². The fourth-order valence-corrected chi connectivity index (χ4v) is 2.73. The van der Waals surface area contributed by atoms with Gasteiger partial charge in [-0.25, -0.2) is 4.79 Å². The summed E-state index contributed by atoms with van der Waals surface area (Å²) in [7, 11) is 0. The molecule has 0 aliphatic heterocycles. The van der Waals surface area contributed by atoms with Crippen LogP contribution in [-0.2, 0) is 4.74 Å². The number of ether oxygens (including phenoxy) is 1. The number of alkyl carbamates (subject to hydrolysis) is 1. The van der Waals surface area contributed by atoms with Gasteiger partial charge in [-0.1, -0.05) is 12.1 Å². The van der Waals surface area contributed by atoms with Crippen molar-refractivity contribution < 1.29 is 14.6 Å². The summed E-state index contributed by atoms with van der Waals surface area (Å²) in [6.45, 7) is 8.32. The molecule has 1 amide bonds. The van der Waals surface area contributed by atoms with Crippen LogP contribution in [-0.4, -0.2) is 28.9 Å². The van der Waals surface area contributed by atoms with E-state index in [1.54, 1.807) is 12.1 Å². The predicted octanol–water partition coefficient (Wildman–Crippen LogP) is 3.49. The molecule has 1 aromatic carbocycles. The number of carbonyl (C=O) groups is 1. The average molecular weight is 320 g/mol. The Morgan fingerprint density at radius 1 is 1.39 bits per heavy atom. The molecule has 0 spiro atoms. The van der Waals surface area contributed by atoms with Gasteiger partial charge < -0.3 is 20.5 Å². The van der Waals surface area contributed by atoms with Gasteiger partial charge in [0.05, 0.1) is 5.54 Å². The molecule has 0 radical (unpaired) electrons. The Bertz CT molecular complexity index is 547. The van der Waals surface area contributed by atoms with Crippen LogP contribution < -0.4 is 10.6 Å². The molecular formula is C18H28N2O3. The van der Waals surface area contributed by atoms with Crippen LogP contribution in [0.25, 0.3) is 0 Å². The van der Waals surface area contributed by atoms with Crippen molar-refractivity contribution in [1.82, 2.24) is 10.6 Å². The van der Waals surface area contributed by atoms with Crippen molar-refractivity contribution in [2.75, 3.05) is 6.54 Å². The van der Waals surface area contributed by atoms with E-state index in [1.807, 2.05) is 32.9 Å². The van der Waals surface area contributed by atoms with E-state index in [0.717, 1.165) is 24.8 Å². The number of phenolic OH excluding ortho intramolecular Hbond substituents is 1. The smallest absolute Gasteiger partial charge is 0.408 e. The normalized spacial score (nSPS) is 17.9. The van der Waals surface area contributed by atoms with Gasteiger partial charge in [0.15, 0.2) is 0 Å². The van der Waals surface area contributed by atoms with Gasteiger partial charge in [-0.15, -0.1) is 0 Å². The molecule has 1 unspecified atom stereocenters. The third-order valence-corrected chi connectivity index (χ3v) is 4.19. The first-order valence-electron chi connectivity index (χ1n) is 8.23. The van der Waals surface area contributed by atoms with E-state index in [-0.39, 0.29) is 23.4 Å². The summed E-state index contributed by atoms with van der Waals surface area (Å²) in [5, 5.41) is 16.1. The molecule has 128 valence electrons. The third kappa shape index (κ3) is 5.13. The molecule has 0 heterocycles. The van der Waals surface area contributed by atoms with Crippen LogP contribution in [0.4, 0.5) is 4.79 Å². The molecule has 0 aromatic heterocycles. The lowest BCUT2D eigenvalue weighted by Gasteiger charge is -2.43. The lowest BCUT2D eigenvalue weighted by molar-refractivity contribution is 0.0379. The van der Waals surface area contributed by atoms with Crippen LogP contribution in [0.2, 0.25) is 0 Å². The molecule has 1 aliphatic carbocycles. The number of aromatic hydroxyl groups is 1. The number of carbonyl (C=O) groups excluding carboxylic acids is 1. The summed E-state index contributed by atoms with van der Waals surface area (Å²) in [5.74, 6) is 0.265. The minimum absolute atomic E-state index is 0.0972. The van der Waals surface area contributed by atoms with Crippen LogP contribution in [0.15, 0.2) is 24.3 Å². The molecule has 23 heavy (non-hydrogen) atoms. The topological polar surface area (TPSA) is 70.6 Å². The fourth-order valence-electron chi connectivity index (χ4n) is 2.73. The van der Waals surface area contributed by atoms with Crippen molar-refractivity contribution in [3.63, 3.8) is 0 Å². The van der Waals surface area contributed by atoms with Gasteiger partial charge in [0, 0.05) is 12.6 Å². The molecular weight excluding hydrogens is 292 g/mol. The average Bonchev–Trinajstić information content (AvgIpc) is 2.39. The van der Waals surface area contributed by atoms with E-state index in [9.17, 15) is 9.90 Å². The lowest BCUT2D eigenvalue weighted by atomic mass is 9.76. The van der Waals surface area contributed by atoms with E-state index >= 15 is 0 Å². The number of benzene rings is 1. The predicted molar refractivity (Wildman–Crippen MR) is 90.5 cm³/mol. The summed E-state index contributed by atoms with van der Waals surface area (Å²) in [5.41, 5.74) is 0.307. The molecule has 0 saturated heterocycles. The Morgan fingerprint density at radius 2 is 2.09 bits per heavy atom. The van der Waals surface area contributed by atoms with Gasteiger partial charge in [-0.05, 0) is 64.7 Å². The van der Waals surface area contributed by atoms with Gasteiger partial charge in [-0.3, -0.25) is 0 Å². The SMILES string of the molecule is CC(NCC1(NC(=O)OC(C)(C)C)CCC1)c1cccc(O)c1. The number of hydrogen-bond acceptors (Lipinski definition) is 4. The Kier molecular flexibility index (Phi) is 5.19. The quantitative estimate of drug-likeness (QED) is 0.776. The zero-order valence-corrected chi connectivity index (χ0v) is 14.5. The Morgan fingerprint density at radius 3 is 2.61 bits per heavy atom. The van der Waals surface area contributed by atoms with Gasteiger partial charge >= 0.3 is 6.09 Å². The first-order chi connectivity index (χ1) is 10.7. The molecule has 1 aliphatic rings. The molecule has 5 nitrogen and oxygen atoms in total. The van der Waals surface area contributed by atoms with E-state index in [1.165, 1.54) is 0 Å². The summed E-state index contributed by atoms with van der Waals surface area (Å²) in [6, 6.07) is 7.33. The monoisotopic (exact) mass is 320 g/mol. The highest BCUT2D eigenvalue weighted by molar-refractivity contribution is 5.69. The molecule has 2 rings (SSSR count). The maximum atomic E-state index is 12.0. The van der Waals surface area contributed by atoms with Crippen molar-refractivity contribution in [2.45, 2.75) is 64.1 Å². The number of nitrogens with one attached hydrogen (secondary N) is 2. The van der Waals surface area contributed by atoms with Gasteiger partial charge in [0.25, 0.3) is 0 Å². The van der Waals surface area contributed by atoms with Gasteiger partial charge in [-0.2, -0.15) is 0 Å². The standard InChI is InChI=1S/C18H28N2O3/c1-13(14-7-5-8-15(21)11-14)19-12-18(9-6-10-18)20-16(22)23-17(2,3)4/h5,7-8,11,13,19,21H,6,9-10,12H2,1-4H3,(H,20,22). The van der Waals surface area contributed by atoms with Crippen LogP contribution in [0.5, 0.6) is 5.75 Å². The number of hydrogen-bond donors (Lipinski definition) is 3. The van der Waals surface area contributed by atoms with Crippen molar-refractivity contribution in [3.05, 3.63) is 29.8 Å². The largest absolute Gasteiger partial charge is 0.508 e. The number of amides is 1. The maximum Gasteiger partial charge on any atom is 0.408 e. The van der Waals surface area contributed by atoms with E-state index in [0.29, 0.717) is 6.54 Å². The number of phenols is 1. The Labute approximate surface area is 138 Å². The van der Waals surface area contributed by atoms with E-state index in [2.05, 4.69) is 17.6 Å². The molecule has 3 N–H and O–H groups in total. The summed E-state index contributed by atoms with van der Waals surface area (Å²) < 4.78 is 5.37. The van der Waals surface area contributed by atoms with E-state index in [4.69, 9.17) is 4.74 Å². The van der Waals surface area contributed by atoms with Crippen LogP contribution >= 0.6 is 0 Å². The fraction of sp³-hybridized carbons (Fsp3) is 0.611. The minimum atomic E-state index is -0.489. The second-order valence-electron chi connectivity index (χ2n) is 7.46. The summed E-state index contributed by atoms with van der Waals surface area (Å²) in [4.78, 5) is 12.0. The zero-order chi connectivity index (χ0) is 17.1. The van der Waals surface area contributed by atoms with Crippen LogP contribution in [0.1, 0.15) is 58.6 Å². The Balaban J connectivity index is 1.90. The van der Waals surface area contributed by atoms with Crippen LogP contribution in [0, 0.1) is 0 Å². The van der Waals surface area contributed by atoms with Gasteiger partial charge in [0.2, 0.25) is 0 Å². The minimum Gasteiger partial charge on any atom is -0.508 e. The second kappa shape index (κ2) is 6.79. The molecule has 1 atom stereocenters. The summed E-state index contributed by atoms with van der Waals surface area (Å²) >= 11 is 0. The molecule has 1 fully saturated rings. The van der Waals surface area contributed by atoms with Crippen molar-refractivity contribution >= 4 is 6.09 Å². The maximum absolute atomic E-state index is 12.0. The van der Waals surface area contributed by atoms with Gasteiger partial charge in [0.1, 0.15) is 11.4 Å². The lowest BCUT2D eigenvalue weighted by Crippen LogP contribution is -2.60. The zero-order valence-electron chi connectivity index (χ0n) is 14.5. The molecule has 1 aromatic rings. The van der Waals surface area contributed by atoms with Crippen LogP contribution in [0.3, 0.4) is 0 Å². The third-order valence-electron chi connectivity index (χ3n) is 4.19. The van der Waals surface area contributed by atoms with E-state index < -0.39 is 5.60 Å². The molecule has 1 saturated carbocycles. The first-order valence-corrected chi connectivity index (χ1v) is 8.23. The highest BCUT2D eigenvalue weighted by Crippen LogP contribution is 2.32. The highest BCUT2D eigenvalue weighted by atomic mass is 16.6.